The highest BCUT2D eigenvalue weighted by molar-refractivity contribution is 6.00. The number of nitriles is 1. The maximum atomic E-state index is 13.9. The van der Waals surface area contributed by atoms with Crippen molar-refractivity contribution in [2.45, 2.75) is 77.4 Å². The van der Waals surface area contributed by atoms with E-state index >= 15 is 0 Å². The number of hydrogen-bond acceptors (Lipinski definition) is 4. The van der Waals surface area contributed by atoms with Gasteiger partial charge in [0.2, 0.25) is 0 Å². The summed E-state index contributed by atoms with van der Waals surface area (Å²) in [6.07, 6.45) is 6.29. The van der Waals surface area contributed by atoms with Gasteiger partial charge in [0, 0.05) is 50.7 Å². The summed E-state index contributed by atoms with van der Waals surface area (Å²) >= 11 is 0. The number of benzene rings is 1. The normalized spacial score (nSPS) is 15.9. The monoisotopic (exact) mass is 474 g/mol. The van der Waals surface area contributed by atoms with Gasteiger partial charge in [-0.05, 0) is 70.5 Å². The Morgan fingerprint density at radius 1 is 1.33 bits per heavy atom. The van der Waals surface area contributed by atoms with Crippen LogP contribution in [-0.2, 0) is 17.7 Å². The van der Waals surface area contributed by atoms with E-state index in [-0.39, 0.29) is 30.4 Å². The molecule has 1 saturated heterocycles. The second-order valence-corrected chi connectivity index (χ2v) is 9.05. The third-order valence-electron chi connectivity index (χ3n) is 6.39. The molecule has 0 unspecified atom stereocenters. The van der Waals surface area contributed by atoms with Crippen molar-refractivity contribution in [1.82, 2.24) is 14.8 Å². The van der Waals surface area contributed by atoms with Crippen LogP contribution in [0.2, 0.25) is 0 Å². The van der Waals surface area contributed by atoms with E-state index < -0.39 is 0 Å². The quantitative estimate of drug-likeness (QED) is 0.468. The van der Waals surface area contributed by atoms with Crippen molar-refractivity contribution in [3.8, 4) is 6.07 Å². The Morgan fingerprint density at radius 2 is 2.15 bits per heavy atom. The smallest absolute Gasteiger partial charge is 0.271 e. The number of hydrogen-bond donors (Lipinski definition) is 1. The number of methoxy groups -OCH3 is 1. The van der Waals surface area contributed by atoms with Gasteiger partial charge in [-0.3, -0.25) is 4.79 Å². The molecule has 1 atom stereocenters. The van der Waals surface area contributed by atoms with Crippen LogP contribution in [0.1, 0.15) is 68.4 Å². The van der Waals surface area contributed by atoms with Crippen LogP contribution in [-0.4, -0.2) is 54.3 Å². The molecular weight excluding hydrogens is 436 g/mol. The molecule has 0 radical (unpaired) electrons. The first kappa shape index (κ1) is 27.2. The molecule has 6 nitrogen and oxygen atoms in total. The highest BCUT2D eigenvalue weighted by Gasteiger charge is 2.30. The molecule has 2 heterocycles. The number of fused-ring (bicyclic) bond motifs is 1. The number of aromatic nitrogens is 1. The van der Waals surface area contributed by atoms with E-state index in [0.717, 1.165) is 81.4 Å². The lowest BCUT2D eigenvalue weighted by Gasteiger charge is -2.37. The van der Waals surface area contributed by atoms with Gasteiger partial charge in [-0.1, -0.05) is 18.2 Å². The zero-order valence-electron chi connectivity index (χ0n) is 20.3. The van der Waals surface area contributed by atoms with Crippen LogP contribution in [0.3, 0.4) is 0 Å². The van der Waals surface area contributed by atoms with Gasteiger partial charge in [0.1, 0.15) is 5.69 Å². The summed E-state index contributed by atoms with van der Waals surface area (Å²) in [5.74, 6) is 0.125. The van der Waals surface area contributed by atoms with Gasteiger partial charge in [-0.15, -0.1) is 12.4 Å². The second-order valence-electron chi connectivity index (χ2n) is 9.05. The zero-order chi connectivity index (χ0) is 22.9. The highest BCUT2D eigenvalue weighted by atomic mass is 35.5. The number of amides is 1. The molecule has 1 fully saturated rings. The lowest BCUT2D eigenvalue weighted by molar-refractivity contribution is 0.0562. The Morgan fingerprint density at radius 3 is 2.82 bits per heavy atom. The number of piperidine rings is 1. The summed E-state index contributed by atoms with van der Waals surface area (Å²) in [5, 5.41) is 13.5. The lowest BCUT2D eigenvalue weighted by atomic mass is 10.0. The van der Waals surface area contributed by atoms with Gasteiger partial charge in [0.25, 0.3) is 5.91 Å². The molecule has 3 rings (SSSR count). The third-order valence-corrected chi connectivity index (χ3v) is 6.39. The minimum Gasteiger partial charge on any atom is -0.385 e. The average Bonchev–Trinajstić information content (AvgIpc) is 3.17. The van der Waals surface area contributed by atoms with Crippen molar-refractivity contribution >= 4 is 29.2 Å². The van der Waals surface area contributed by atoms with E-state index in [1.165, 1.54) is 5.56 Å². The molecule has 182 valence electrons. The second kappa shape index (κ2) is 13.6. The summed E-state index contributed by atoms with van der Waals surface area (Å²) in [6, 6.07) is 11.0. The number of nitrogens with one attached hydrogen (secondary N) is 1. The van der Waals surface area contributed by atoms with E-state index in [2.05, 4.69) is 59.0 Å². The molecule has 0 aliphatic carbocycles. The number of aryl methyl sites for hydroxylation is 2. The first-order valence-corrected chi connectivity index (χ1v) is 12.1. The maximum absolute atomic E-state index is 13.9. The Kier molecular flexibility index (Phi) is 11.2. The molecule has 0 spiro atoms. The van der Waals surface area contributed by atoms with E-state index in [1.54, 1.807) is 7.11 Å². The van der Waals surface area contributed by atoms with Gasteiger partial charge in [0.05, 0.1) is 11.6 Å². The Hall–Kier alpha value is -2.07. The van der Waals surface area contributed by atoms with Gasteiger partial charge >= 0.3 is 0 Å². The first-order valence-electron chi connectivity index (χ1n) is 12.1. The van der Waals surface area contributed by atoms with Gasteiger partial charge in [-0.2, -0.15) is 5.26 Å². The molecule has 2 aromatic rings. The summed E-state index contributed by atoms with van der Waals surface area (Å²) in [7, 11) is 1.73. The number of ether oxygens (including phenoxy) is 1. The van der Waals surface area contributed by atoms with Crippen molar-refractivity contribution in [2.75, 3.05) is 26.8 Å². The van der Waals surface area contributed by atoms with Crippen molar-refractivity contribution < 1.29 is 9.53 Å². The minimum atomic E-state index is 0. The molecule has 1 amide bonds. The third kappa shape index (κ3) is 6.72. The van der Waals surface area contributed by atoms with Crippen molar-refractivity contribution in [2.24, 2.45) is 0 Å². The Bertz CT molecular complexity index is 928. The number of halogens is 1. The molecule has 7 heteroatoms. The first-order chi connectivity index (χ1) is 15.6. The summed E-state index contributed by atoms with van der Waals surface area (Å²) in [5.41, 5.74) is 3.15. The van der Waals surface area contributed by atoms with Gasteiger partial charge < -0.3 is 19.5 Å². The standard InChI is InChI=1S/C26H38N4O2.ClH/c1-20(2)30(23-13-9-15-28-19-23)26(31)24-18-22-12-8-11-21(10-4-5-14-27)25(22)29(24)16-6-7-17-32-3;/h8,11-12,18,20,23,28H,4-7,9-10,13,15-17,19H2,1-3H3;1H/t23-;/m1./s1. The molecule has 33 heavy (non-hydrogen) atoms. The van der Waals surface area contributed by atoms with Crippen LogP contribution in [0.5, 0.6) is 0 Å². The Balaban J connectivity index is 0.00000385. The van der Waals surface area contributed by atoms with E-state index in [1.807, 2.05) is 0 Å². The number of nitrogens with zero attached hydrogens (tertiary/aromatic N) is 3. The van der Waals surface area contributed by atoms with Crippen LogP contribution in [0, 0.1) is 11.3 Å². The number of unbranched alkanes of at least 4 members (excludes halogenated alkanes) is 2. The predicted octanol–water partition coefficient (Wildman–Crippen LogP) is 4.94. The van der Waals surface area contributed by atoms with Crippen molar-refractivity contribution in [1.29, 1.82) is 5.26 Å². The average molecular weight is 475 g/mol. The number of carbonyl (C=O) groups is 1. The van der Waals surface area contributed by atoms with E-state index in [9.17, 15) is 4.79 Å². The molecule has 1 N–H and O–H groups in total. The van der Waals surface area contributed by atoms with Crippen LogP contribution < -0.4 is 5.32 Å². The minimum absolute atomic E-state index is 0. The summed E-state index contributed by atoms with van der Waals surface area (Å²) in [4.78, 5) is 16.0. The van der Waals surface area contributed by atoms with E-state index in [0.29, 0.717) is 6.42 Å². The Labute approximate surface area is 204 Å². The summed E-state index contributed by atoms with van der Waals surface area (Å²) in [6.45, 7) is 7.64. The predicted molar refractivity (Wildman–Crippen MR) is 136 cm³/mol. The maximum Gasteiger partial charge on any atom is 0.271 e. The number of carbonyl (C=O) groups excluding carboxylic acids is 1. The van der Waals surface area contributed by atoms with Crippen molar-refractivity contribution in [3.63, 3.8) is 0 Å². The summed E-state index contributed by atoms with van der Waals surface area (Å²) < 4.78 is 7.48. The fourth-order valence-electron chi connectivity index (χ4n) is 4.91. The zero-order valence-corrected chi connectivity index (χ0v) is 21.1. The van der Waals surface area contributed by atoms with E-state index in [4.69, 9.17) is 10.00 Å². The van der Waals surface area contributed by atoms with Gasteiger partial charge in [-0.25, -0.2) is 0 Å². The number of rotatable bonds is 11. The fourth-order valence-corrected chi connectivity index (χ4v) is 4.91. The number of para-hydroxylation sites is 1. The molecular formula is C26H39ClN4O2. The molecule has 1 aliphatic heterocycles. The van der Waals surface area contributed by atoms with Crippen LogP contribution >= 0.6 is 12.4 Å². The van der Waals surface area contributed by atoms with Crippen LogP contribution in [0.15, 0.2) is 24.3 Å². The van der Waals surface area contributed by atoms with Crippen LogP contribution in [0.25, 0.3) is 10.9 Å². The lowest BCUT2D eigenvalue weighted by Crippen LogP contribution is -2.52. The molecule has 0 bridgehead atoms. The van der Waals surface area contributed by atoms with Crippen LogP contribution in [0.4, 0.5) is 0 Å². The van der Waals surface area contributed by atoms with Gasteiger partial charge in [0.15, 0.2) is 0 Å². The highest BCUT2D eigenvalue weighted by Crippen LogP contribution is 2.28. The molecule has 1 aromatic carbocycles. The largest absolute Gasteiger partial charge is 0.385 e. The molecule has 1 aliphatic rings. The van der Waals surface area contributed by atoms with Crippen molar-refractivity contribution in [3.05, 3.63) is 35.5 Å². The fraction of sp³-hybridized carbons (Fsp3) is 0.615. The molecule has 0 saturated carbocycles. The molecule has 1 aromatic heterocycles. The SMILES string of the molecule is COCCCCn1c(C(=O)N(C(C)C)[C@@H]2CCCNC2)cc2cccc(CCCC#N)c21.Cl. The topological polar surface area (TPSA) is 70.3 Å².